The summed E-state index contributed by atoms with van der Waals surface area (Å²) in [5, 5.41) is 0. The van der Waals surface area contributed by atoms with Gasteiger partial charge in [0.15, 0.2) is 6.29 Å². The number of nitrogens with zero attached hydrogens (tertiary/aromatic N) is 1. The summed E-state index contributed by atoms with van der Waals surface area (Å²) >= 11 is 0. The van der Waals surface area contributed by atoms with Crippen molar-refractivity contribution in [2.45, 2.75) is 6.42 Å². The quantitative estimate of drug-likeness (QED) is 0.253. The average molecular weight is 413 g/mol. The van der Waals surface area contributed by atoms with E-state index in [4.69, 9.17) is 4.74 Å². The number of carbonyl (C=O) groups is 4. The van der Waals surface area contributed by atoms with Gasteiger partial charge in [0.05, 0.1) is 28.7 Å². The molecule has 6 atom stereocenters. The van der Waals surface area contributed by atoms with Crippen molar-refractivity contribution < 1.29 is 23.9 Å². The molecule has 0 aromatic heterocycles. The summed E-state index contributed by atoms with van der Waals surface area (Å²) in [6.45, 7) is 0. The van der Waals surface area contributed by atoms with Gasteiger partial charge in [0.1, 0.15) is 5.75 Å². The highest BCUT2D eigenvalue weighted by Gasteiger charge is 2.67. The maximum absolute atomic E-state index is 13.3. The van der Waals surface area contributed by atoms with Crippen LogP contribution >= 0.6 is 0 Å². The van der Waals surface area contributed by atoms with E-state index in [1.54, 1.807) is 36.4 Å². The Morgan fingerprint density at radius 2 is 1.61 bits per heavy atom. The van der Waals surface area contributed by atoms with E-state index in [-0.39, 0.29) is 52.4 Å². The molecule has 6 nitrogen and oxygen atoms in total. The van der Waals surface area contributed by atoms with Gasteiger partial charge in [0.25, 0.3) is 0 Å². The number of anilines is 1. The lowest BCUT2D eigenvalue weighted by molar-refractivity contribution is -0.124. The first kappa shape index (κ1) is 18.2. The number of hydrogen-bond acceptors (Lipinski definition) is 5. The molecule has 154 valence electrons. The first-order chi connectivity index (χ1) is 15.1. The van der Waals surface area contributed by atoms with Crippen molar-refractivity contribution in [2.75, 3.05) is 4.90 Å². The molecule has 0 unspecified atom stereocenters. The van der Waals surface area contributed by atoms with Gasteiger partial charge in [-0.3, -0.25) is 14.4 Å². The lowest BCUT2D eigenvalue weighted by Gasteiger charge is -2.37. The summed E-state index contributed by atoms with van der Waals surface area (Å²) in [5.74, 6) is -0.0522. The van der Waals surface area contributed by atoms with E-state index in [9.17, 15) is 19.2 Å². The van der Waals surface area contributed by atoms with Crippen LogP contribution in [-0.4, -0.2) is 24.1 Å². The number of ether oxygens (including phenoxy) is 1. The van der Waals surface area contributed by atoms with E-state index in [1.165, 1.54) is 17.0 Å². The number of hydrogen-bond donors (Lipinski definition) is 0. The van der Waals surface area contributed by atoms with Gasteiger partial charge in [0, 0.05) is 0 Å². The van der Waals surface area contributed by atoms with Crippen LogP contribution < -0.4 is 9.64 Å². The highest BCUT2D eigenvalue weighted by molar-refractivity contribution is 6.23. The van der Waals surface area contributed by atoms with Crippen LogP contribution in [0.5, 0.6) is 5.75 Å². The largest absolute Gasteiger partial charge is 0.422 e. The molecule has 1 heterocycles. The first-order valence-electron chi connectivity index (χ1n) is 10.5. The molecule has 3 fully saturated rings. The molecule has 6 heteroatoms. The zero-order valence-corrected chi connectivity index (χ0v) is 16.5. The fraction of sp³-hybridized carbons (Fsp3) is 0.280. The number of amides is 2. The summed E-state index contributed by atoms with van der Waals surface area (Å²) in [6.07, 6.45) is 5.99. The number of esters is 1. The highest BCUT2D eigenvalue weighted by Crippen LogP contribution is 2.65. The second kappa shape index (κ2) is 6.48. The fourth-order valence-corrected chi connectivity index (χ4v) is 5.81. The van der Waals surface area contributed by atoms with Crippen LogP contribution in [0.15, 0.2) is 60.7 Å². The maximum atomic E-state index is 13.3. The summed E-state index contributed by atoms with van der Waals surface area (Å²) < 4.78 is 5.38. The van der Waals surface area contributed by atoms with Crippen LogP contribution in [0.4, 0.5) is 5.69 Å². The Morgan fingerprint density at radius 3 is 2.29 bits per heavy atom. The van der Waals surface area contributed by atoms with Gasteiger partial charge in [-0.15, -0.1) is 0 Å². The number of benzene rings is 2. The Balaban J connectivity index is 1.29. The van der Waals surface area contributed by atoms with Gasteiger partial charge in [-0.25, -0.2) is 9.69 Å². The molecule has 0 N–H and O–H groups in total. The molecule has 7 rings (SSSR count). The van der Waals surface area contributed by atoms with Crippen LogP contribution in [0, 0.1) is 35.5 Å². The number of allylic oxidation sites excluding steroid dienone is 2. The Kier molecular flexibility index (Phi) is 3.81. The predicted octanol–water partition coefficient (Wildman–Crippen LogP) is 3.28. The Labute approximate surface area is 178 Å². The molecule has 1 saturated heterocycles. The van der Waals surface area contributed by atoms with Crippen molar-refractivity contribution in [3.63, 3.8) is 0 Å². The minimum Gasteiger partial charge on any atom is -0.422 e. The number of aldehydes is 1. The topological polar surface area (TPSA) is 80.8 Å². The van der Waals surface area contributed by atoms with Crippen molar-refractivity contribution in [3.05, 3.63) is 71.8 Å². The number of imide groups is 1. The Morgan fingerprint density at radius 1 is 0.935 bits per heavy atom. The third kappa shape index (κ3) is 2.57. The second-order valence-corrected chi connectivity index (χ2v) is 8.76. The molecule has 31 heavy (non-hydrogen) atoms. The molecule has 5 aliphatic rings. The molecule has 2 amide bonds. The molecule has 1 aliphatic heterocycles. The van der Waals surface area contributed by atoms with Crippen molar-refractivity contribution in [1.82, 2.24) is 0 Å². The lowest BCUT2D eigenvalue weighted by Crippen LogP contribution is -2.40. The zero-order valence-electron chi connectivity index (χ0n) is 16.5. The molecular weight excluding hydrogens is 394 g/mol. The molecule has 2 aromatic carbocycles. The number of rotatable bonds is 4. The van der Waals surface area contributed by atoms with Gasteiger partial charge < -0.3 is 4.74 Å². The maximum Gasteiger partial charge on any atom is 0.343 e. The van der Waals surface area contributed by atoms with Gasteiger partial charge in [-0.1, -0.05) is 30.4 Å². The van der Waals surface area contributed by atoms with Crippen LogP contribution in [-0.2, 0) is 9.59 Å². The van der Waals surface area contributed by atoms with Crippen LogP contribution in [0.25, 0.3) is 0 Å². The van der Waals surface area contributed by atoms with Crippen LogP contribution in [0.1, 0.15) is 27.1 Å². The molecule has 0 radical (unpaired) electrons. The van der Waals surface area contributed by atoms with Gasteiger partial charge in [-0.05, 0) is 60.4 Å². The van der Waals surface area contributed by atoms with E-state index in [1.807, 2.05) is 0 Å². The minimum atomic E-state index is -0.657. The molecular formula is C25H19NO5. The molecule has 0 spiro atoms. The van der Waals surface area contributed by atoms with Crippen LogP contribution in [0.3, 0.4) is 0 Å². The zero-order chi connectivity index (χ0) is 21.3. The summed E-state index contributed by atoms with van der Waals surface area (Å²) in [6, 6.07) is 12.8. The molecule has 2 saturated carbocycles. The smallest absolute Gasteiger partial charge is 0.343 e. The van der Waals surface area contributed by atoms with Crippen molar-refractivity contribution >= 4 is 29.8 Å². The van der Waals surface area contributed by atoms with E-state index in [2.05, 4.69) is 12.2 Å². The molecule has 2 aromatic rings. The first-order valence-corrected chi connectivity index (χ1v) is 10.5. The van der Waals surface area contributed by atoms with Crippen molar-refractivity contribution in [2.24, 2.45) is 35.5 Å². The highest BCUT2D eigenvalue weighted by atomic mass is 16.5. The fourth-order valence-electron chi connectivity index (χ4n) is 5.81. The third-order valence-electron chi connectivity index (χ3n) is 7.25. The SMILES string of the molecule is O=Cc1ccccc1OC(=O)c1cccc(N2C(=O)[C@@H]3[C@@H]4C=C[C@H]([C@@H]5C[C@H]45)[C@@H]3C2=O)c1. The normalized spacial score (nSPS) is 31.9. The molecule has 2 bridgehead atoms. The van der Waals surface area contributed by atoms with Gasteiger partial charge in [-0.2, -0.15) is 0 Å². The average Bonchev–Trinajstić information content (AvgIpc) is 3.57. The third-order valence-corrected chi connectivity index (χ3v) is 7.25. The van der Waals surface area contributed by atoms with Gasteiger partial charge >= 0.3 is 5.97 Å². The minimum absolute atomic E-state index is 0.148. The number of carbonyl (C=O) groups excluding carboxylic acids is 4. The standard InChI is InChI=1S/C25H19NO5/c27-12-14-4-1-2-7-20(14)31-25(30)13-5-3-6-15(10-13)26-23(28)21-16-8-9-17(19-11-18(16)19)22(21)24(26)29/h1-10,12,16-19,21-22H,11H2/t16-,17-,18-,19+,21-,22+/m1/s1. The summed E-state index contributed by atoms with van der Waals surface area (Å²) in [5.41, 5.74) is 0.857. The lowest BCUT2D eigenvalue weighted by atomic mass is 9.63. The van der Waals surface area contributed by atoms with Crippen LogP contribution in [0.2, 0.25) is 0 Å². The van der Waals surface area contributed by atoms with Crippen molar-refractivity contribution in [3.8, 4) is 5.75 Å². The molecule has 4 aliphatic carbocycles. The van der Waals surface area contributed by atoms with E-state index in [0.29, 0.717) is 23.8 Å². The Bertz CT molecular complexity index is 1150. The monoisotopic (exact) mass is 413 g/mol. The van der Waals surface area contributed by atoms with E-state index >= 15 is 0 Å². The second-order valence-electron chi connectivity index (χ2n) is 8.76. The van der Waals surface area contributed by atoms with Crippen molar-refractivity contribution in [1.29, 1.82) is 0 Å². The summed E-state index contributed by atoms with van der Waals surface area (Å²) in [7, 11) is 0. The summed E-state index contributed by atoms with van der Waals surface area (Å²) in [4.78, 5) is 51.7. The number of para-hydroxylation sites is 1. The predicted molar refractivity (Wildman–Crippen MR) is 110 cm³/mol. The van der Waals surface area contributed by atoms with E-state index in [0.717, 1.165) is 6.42 Å². The Hall–Kier alpha value is -3.54. The van der Waals surface area contributed by atoms with E-state index < -0.39 is 5.97 Å². The van der Waals surface area contributed by atoms with Gasteiger partial charge in [0.2, 0.25) is 11.8 Å².